The molecule has 2 heterocycles. The van der Waals surface area contributed by atoms with Crippen molar-refractivity contribution in [3.63, 3.8) is 0 Å². The molecule has 0 saturated heterocycles. The summed E-state index contributed by atoms with van der Waals surface area (Å²) in [6.45, 7) is 0.553. The molecule has 6 nitrogen and oxygen atoms in total. The molecule has 3 N–H and O–H groups in total. The van der Waals surface area contributed by atoms with E-state index in [-0.39, 0.29) is 30.6 Å². The third-order valence-corrected chi connectivity index (χ3v) is 4.54. The second-order valence-electron chi connectivity index (χ2n) is 6.43. The summed E-state index contributed by atoms with van der Waals surface area (Å²) in [7, 11) is 1.95. The molecule has 1 aliphatic rings. The van der Waals surface area contributed by atoms with Gasteiger partial charge in [-0.15, -0.1) is 24.8 Å². The highest BCUT2D eigenvalue weighted by Gasteiger charge is 2.28. The molecule has 140 valence electrons. The molecule has 0 unspecified atom stereocenters. The predicted octanol–water partition coefficient (Wildman–Crippen LogP) is 3.18. The van der Waals surface area contributed by atoms with Crippen LogP contribution in [0.2, 0.25) is 0 Å². The number of hydrogen-bond donors (Lipinski definition) is 2. The minimum absolute atomic E-state index is 0. The fourth-order valence-electron chi connectivity index (χ4n) is 3.11. The van der Waals surface area contributed by atoms with Crippen LogP contribution in [-0.4, -0.2) is 33.0 Å². The number of nitrogens with one attached hydrogen (secondary N) is 1. The van der Waals surface area contributed by atoms with Crippen LogP contribution in [0.3, 0.4) is 0 Å². The fourth-order valence-corrected chi connectivity index (χ4v) is 3.11. The smallest absolute Gasteiger partial charge is 0.132 e. The van der Waals surface area contributed by atoms with Crippen molar-refractivity contribution in [3.8, 4) is 0 Å². The molecular formula is C17H21Cl2FN6. The second-order valence-corrected chi connectivity index (χ2v) is 6.43. The minimum atomic E-state index is -0.273. The van der Waals surface area contributed by atoms with Crippen LogP contribution >= 0.6 is 24.8 Å². The van der Waals surface area contributed by atoms with Crippen LogP contribution in [0.1, 0.15) is 30.3 Å². The number of nitrogens with two attached hydrogens (primary N) is 1. The fraction of sp³-hybridized carbons (Fsp3) is 0.353. The van der Waals surface area contributed by atoms with E-state index in [0.717, 1.165) is 35.7 Å². The molecule has 0 atom stereocenters. The highest BCUT2D eigenvalue weighted by Crippen LogP contribution is 2.35. The van der Waals surface area contributed by atoms with Gasteiger partial charge in [-0.05, 0) is 31.0 Å². The van der Waals surface area contributed by atoms with E-state index in [1.54, 1.807) is 12.4 Å². The third-order valence-electron chi connectivity index (χ3n) is 4.54. The Morgan fingerprint density at radius 2 is 2.00 bits per heavy atom. The average Bonchev–Trinajstić information content (AvgIpc) is 2.93. The summed E-state index contributed by atoms with van der Waals surface area (Å²) < 4.78 is 13.3. The Hall–Kier alpha value is -1.96. The maximum atomic E-state index is 13.3. The van der Waals surface area contributed by atoms with Crippen molar-refractivity contribution in [2.24, 2.45) is 5.73 Å². The number of halogens is 3. The normalized spacial score (nSPS) is 18.6. The minimum Gasteiger partial charge on any atom is -0.352 e. The zero-order valence-electron chi connectivity index (χ0n) is 14.2. The first-order valence-corrected chi connectivity index (χ1v) is 8.01. The van der Waals surface area contributed by atoms with E-state index in [4.69, 9.17) is 5.73 Å². The van der Waals surface area contributed by atoms with Gasteiger partial charge in [-0.3, -0.25) is 0 Å². The summed E-state index contributed by atoms with van der Waals surface area (Å²) in [6, 6.07) is 6.85. The molecule has 2 aromatic heterocycles. The molecule has 0 bridgehead atoms. The first-order chi connectivity index (χ1) is 11.6. The van der Waals surface area contributed by atoms with Gasteiger partial charge in [0.2, 0.25) is 0 Å². The number of imidazole rings is 1. The van der Waals surface area contributed by atoms with Gasteiger partial charge in [0, 0.05) is 30.8 Å². The number of hydrogen-bond acceptors (Lipinski definition) is 5. The van der Waals surface area contributed by atoms with Gasteiger partial charge in [0.15, 0.2) is 0 Å². The molecule has 4 rings (SSSR count). The topological polar surface area (TPSA) is 83.7 Å². The number of aromatic amines is 1. The van der Waals surface area contributed by atoms with Gasteiger partial charge in [-0.2, -0.15) is 0 Å². The SMILES string of the molecule is CN(Cc1nc2ccc(F)cc2[nH]1)c1cc(C2CC(N)C2)ncn1.Cl.Cl. The van der Waals surface area contributed by atoms with Gasteiger partial charge in [-0.25, -0.2) is 19.3 Å². The van der Waals surface area contributed by atoms with Crippen molar-refractivity contribution >= 4 is 41.7 Å². The van der Waals surface area contributed by atoms with Crippen LogP contribution in [0.25, 0.3) is 11.0 Å². The predicted molar refractivity (Wildman–Crippen MR) is 105 cm³/mol. The van der Waals surface area contributed by atoms with Crippen molar-refractivity contribution in [1.82, 2.24) is 19.9 Å². The molecule has 1 fully saturated rings. The van der Waals surface area contributed by atoms with Gasteiger partial charge in [0.25, 0.3) is 0 Å². The second kappa shape index (κ2) is 8.16. The molecule has 1 aromatic carbocycles. The molecule has 0 radical (unpaired) electrons. The lowest BCUT2D eigenvalue weighted by molar-refractivity contribution is 0.345. The lowest BCUT2D eigenvalue weighted by atomic mass is 9.78. The zero-order chi connectivity index (χ0) is 16.7. The summed E-state index contributed by atoms with van der Waals surface area (Å²) in [5.74, 6) is 1.77. The van der Waals surface area contributed by atoms with Crippen molar-refractivity contribution in [2.45, 2.75) is 31.3 Å². The van der Waals surface area contributed by atoms with Gasteiger partial charge >= 0.3 is 0 Å². The molecule has 9 heteroatoms. The van der Waals surface area contributed by atoms with E-state index >= 15 is 0 Å². The van der Waals surface area contributed by atoms with E-state index in [0.29, 0.717) is 24.0 Å². The molecule has 0 aliphatic heterocycles. The van der Waals surface area contributed by atoms with Crippen LogP contribution in [0.5, 0.6) is 0 Å². The van der Waals surface area contributed by atoms with Crippen LogP contribution in [0, 0.1) is 5.82 Å². The first kappa shape index (κ1) is 20.4. The highest BCUT2D eigenvalue weighted by molar-refractivity contribution is 5.85. The number of fused-ring (bicyclic) bond motifs is 1. The molecule has 3 aromatic rings. The largest absolute Gasteiger partial charge is 0.352 e. The zero-order valence-corrected chi connectivity index (χ0v) is 15.9. The van der Waals surface area contributed by atoms with Crippen molar-refractivity contribution in [2.75, 3.05) is 11.9 Å². The molecule has 1 aliphatic carbocycles. The Bertz CT molecular complexity index is 881. The molecular weight excluding hydrogens is 378 g/mol. The standard InChI is InChI=1S/C17H19FN6.2ClH/c1-24(8-16-22-13-3-2-11(18)6-15(13)23-16)17-7-14(20-9-21-17)10-4-12(19)5-10;;/h2-3,6-7,9-10,12H,4-5,8,19H2,1H3,(H,22,23);2*1H. The number of rotatable bonds is 4. The number of nitrogens with zero attached hydrogens (tertiary/aromatic N) is 4. The first-order valence-electron chi connectivity index (χ1n) is 8.01. The van der Waals surface area contributed by atoms with E-state index in [1.165, 1.54) is 12.1 Å². The maximum absolute atomic E-state index is 13.3. The lowest BCUT2D eigenvalue weighted by Crippen LogP contribution is -2.35. The van der Waals surface area contributed by atoms with Gasteiger partial charge in [-0.1, -0.05) is 0 Å². The van der Waals surface area contributed by atoms with Crippen LogP contribution in [-0.2, 0) is 6.54 Å². The maximum Gasteiger partial charge on any atom is 0.132 e. The number of H-pyrrole nitrogens is 1. The Morgan fingerprint density at radius 3 is 2.73 bits per heavy atom. The van der Waals surface area contributed by atoms with Crippen molar-refractivity contribution < 1.29 is 4.39 Å². The van der Waals surface area contributed by atoms with Crippen molar-refractivity contribution in [1.29, 1.82) is 0 Å². The van der Waals surface area contributed by atoms with E-state index in [2.05, 4.69) is 19.9 Å². The summed E-state index contributed by atoms with van der Waals surface area (Å²) >= 11 is 0. The molecule has 26 heavy (non-hydrogen) atoms. The summed E-state index contributed by atoms with van der Waals surface area (Å²) in [6.07, 6.45) is 3.56. The molecule has 0 spiro atoms. The third kappa shape index (κ3) is 4.06. The van der Waals surface area contributed by atoms with Crippen LogP contribution in [0.15, 0.2) is 30.6 Å². The Kier molecular flexibility index (Phi) is 6.39. The van der Waals surface area contributed by atoms with E-state index in [9.17, 15) is 4.39 Å². The monoisotopic (exact) mass is 398 g/mol. The summed E-state index contributed by atoms with van der Waals surface area (Å²) in [5.41, 5.74) is 8.36. The van der Waals surface area contributed by atoms with Crippen LogP contribution in [0.4, 0.5) is 10.2 Å². The van der Waals surface area contributed by atoms with E-state index in [1.807, 2.05) is 18.0 Å². The Morgan fingerprint density at radius 1 is 1.23 bits per heavy atom. The van der Waals surface area contributed by atoms with Gasteiger partial charge in [0.05, 0.1) is 17.6 Å². The van der Waals surface area contributed by atoms with Gasteiger partial charge in [0.1, 0.15) is 23.8 Å². The highest BCUT2D eigenvalue weighted by atomic mass is 35.5. The summed E-state index contributed by atoms with van der Waals surface area (Å²) in [4.78, 5) is 18.4. The average molecular weight is 399 g/mol. The lowest BCUT2D eigenvalue weighted by Gasteiger charge is -2.32. The van der Waals surface area contributed by atoms with Crippen molar-refractivity contribution in [3.05, 3.63) is 47.9 Å². The van der Waals surface area contributed by atoms with Gasteiger partial charge < -0.3 is 15.6 Å². The summed E-state index contributed by atoms with van der Waals surface area (Å²) in [5, 5.41) is 0. The molecule has 1 saturated carbocycles. The number of aromatic nitrogens is 4. The van der Waals surface area contributed by atoms with E-state index < -0.39 is 0 Å². The number of anilines is 1. The molecule has 0 amide bonds. The Labute approximate surface area is 163 Å². The quantitative estimate of drug-likeness (QED) is 0.704. The number of benzene rings is 1. The van der Waals surface area contributed by atoms with Crippen LogP contribution < -0.4 is 10.6 Å². The Balaban J connectivity index is 0.00000121.